The summed E-state index contributed by atoms with van der Waals surface area (Å²) < 4.78 is 0. The minimum Gasteiger partial charge on any atom is -0.388 e. The lowest BCUT2D eigenvalue weighted by Crippen LogP contribution is -2.61. The molecular formula is C15H28N2O. The molecule has 3 atom stereocenters. The number of likely N-dealkylation sites (tertiary alicyclic amines) is 1. The normalized spacial score (nSPS) is 43.7. The summed E-state index contributed by atoms with van der Waals surface area (Å²) in [6, 6.07) is 1.09. The maximum absolute atomic E-state index is 10.7. The molecule has 3 rings (SSSR count). The smallest absolute Gasteiger partial charge is 0.0798 e. The van der Waals surface area contributed by atoms with E-state index in [1.807, 2.05) is 6.92 Å². The van der Waals surface area contributed by atoms with Crippen molar-refractivity contribution in [2.45, 2.75) is 69.6 Å². The second-order valence-electron chi connectivity index (χ2n) is 6.82. The topological polar surface area (TPSA) is 35.5 Å². The Morgan fingerprint density at radius 3 is 2.67 bits per heavy atom. The van der Waals surface area contributed by atoms with Gasteiger partial charge in [-0.15, -0.1) is 0 Å². The Labute approximate surface area is 111 Å². The van der Waals surface area contributed by atoms with Gasteiger partial charge in [-0.25, -0.2) is 0 Å². The van der Waals surface area contributed by atoms with Crippen molar-refractivity contribution in [1.29, 1.82) is 0 Å². The van der Waals surface area contributed by atoms with Gasteiger partial charge in [0, 0.05) is 12.6 Å². The molecule has 1 saturated carbocycles. The van der Waals surface area contributed by atoms with Gasteiger partial charge in [0.15, 0.2) is 0 Å². The van der Waals surface area contributed by atoms with Gasteiger partial charge in [-0.2, -0.15) is 0 Å². The predicted molar refractivity (Wildman–Crippen MR) is 73.6 cm³/mol. The van der Waals surface area contributed by atoms with E-state index in [9.17, 15) is 5.11 Å². The molecule has 2 saturated heterocycles. The van der Waals surface area contributed by atoms with Crippen LogP contribution >= 0.6 is 0 Å². The average molecular weight is 252 g/mol. The van der Waals surface area contributed by atoms with E-state index in [1.165, 1.54) is 45.1 Å². The first-order valence-electron chi connectivity index (χ1n) is 7.87. The van der Waals surface area contributed by atoms with Crippen molar-refractivity contribution >= 4 is 0 Å². The molecule has 3 nitrogen and oxygen atoms in total. The van der Waals surface area contributed by atoms with Gasteiger partial charge in [0.1, 0.15) is 0 Å². The highest BCUT2D eigenvalue weighted by molar-refractivity contribution is 5.00. The van der Waals surface area contributed by atoms with Crippen molar-refractivity contribution in [3.8, 4) is 0 Å². The van der Waals surface area contributed by atoms with Gasteiger partial charge in [0.05, 0.1) is 11.6 Å². The molecule has 0 radical (unpaired) electrons. The summed E-state index contributed by atoms with van der Waals surface area (Å²) in [6.07, 6.45) is 9.27. The fourth-order valence-electron chi connectivity index (χ4n) is 4.49. The molecule has 1 aliphatic carbocycles. The molecule has 3 heteroatoms. The molecule has 104 valence electrons. The van der Waals surface area contributed by atoms with Crippen LogP contribution in [0.3, 0.4) is 0 Å². The highest BCUT2D eigenvalue weighted by atomic mass is 16.3. The third kappa shape index (κ3) is 2.33. The van der Waals surface area contributed by atoms with Crippen molar-refractivity contribution in [3.05, 3.63) is 0 Å². The number of hydrogen-bond donors (Lipinski definition) is 2. The fraction of sp³-hybridized carbons (Fsp3) is 1.00. The summed E-state index contributed by atoms with van der Waals surface area (Å²) in [4.78, 5) is 2.65. The Hall–Kier alpha value is -0.120. The SMILES string of the molecule is CC1(O)CCNCC1N1CCCC1C1CCCC1. The van der Waals surface area contributed by atoms with Gasteiger partial charge >= 0.3 is 0 Å². The van der Waals surface area contributed by atoms with Gasteiger partial charge in [-0.3, -0.25) is 4.90 Å². The van der Waals surface area contributed by atoms with Crippen LogP contribution in [-0.4, -0.2) is 47.3 Å². The van der Waals surface area contributed by atoms with Crippen molar-refractivity contribution in [2.75, 3.05) is 19.6 Å². The molecule has 2 aliphatic heterocycles. The number of piperidine rings is 1. The van der Waals surface area contributed by atoms with Crippen LogP contribution in [0.4, 0.5) is 0 Å². The lowest BCUT2D eigenvalue weighted by molar-refractivity contribution is -0.0628. The number of rotatable bonds is 2. The first-order valence-corrected chi connectivity index (χ1v) is 7.87. The molecule has 3 fully saturated rings. The number of nitrogens with one attached hydrogen (secondary N) is 1. The Morgan fingerprint density at radius 1 is 1.17 bits per heavy atom. The second-order valence-corrected chi connectivity index (χ2v) is 6.82. The molecule has 0 amide bonds. The van der Waals surface area contributed by atoms with Crippen LogP contribution in [0, 0.1) is 5.92 Å². The standard InChI is InChI=1S/C15H28N2O/c1-15(18)8-9-16-11-14(15)17-10-4-7-13(17)12-5-2-3-6-12/h12-14,16,18H,2-11H2,1H3. The van der Waals surface area contributed by atoms with Crippen molar-refractivity contribution < 1.29 is 5.11 Å². The molecule has 2 N–H and O–H groups in total. The van der Waals surface area contributed by atoms with Crippen molar-refractivity contribution in [2.24, 2.45) is 5.92 Å². The molecule has 3 unspecified atom stereocenters. The largest absolute Gasteiger partial charge is 0.388 e. The zero-order chi connectivity index (χ0) is 12.6. The summed E-state index contributed by atoms with van der Waals surface area (Å²) in [5, 5.41) is 14.2. The summed E-state index contributed by atoms with van der Waals surface area (Å²) in [5.41, 5.74) is -0.494. The van der Waals surface area contributed by atoms with Crippen molar-refractivity contribution in [1.82, 2.24) is 10.2 Å². The molecule has 0 aromatic carbocycles. The fourth-order valence-corrected chi connectivity index (χ4v) is 4.49. The maximum atomic E-state index is 10.7. The van der Waals surface area contributed by atoms with Crippen LogP contribution in [0.2, 0.25) is 0 Å². The maximum Gasteiger partial charge on any atom is 0.0798 e. The molecule has 0 aromatic rings. The molecule has 3 aliphatic rings. The molecule has 0 spiro atoms. The van der Waals surface area contributed by atoms with Crippen LogP contribution < -0.4 is 5.32 Å². The van der Waals surface area contributed by atoms with E-state index in [4.69, 9.17) is 0 Å². The average Bonchev–Trinajstić information content (AvgIpc) is 2.98. The van der Waals surface area contributed by atoms with Crippen LogP contribution in [0.5, 0.6) is 0 Å². The molecule has 0 aromatic heterocycles. The van der Waals surface area contributed by atoms with Crippen LogP contribution in [0.15, 0.2) is 0 Å². The van der Waals surface area contributed by atoms with Crippen molar-refractivity contribution in [3.63, 3.8) is 0 Å². The van der Waals surface area contributed by atoms with E-state index >= 15 is 0 Å². The van der Waals surface area contributed by atoms with Gasteiger partial charge in [-0.05, 0) is 58.0 Å². The summed E-state index contributed by atoms with van der Waals surface area (Å²) >= 11 is 0. The first-order chi connectivity index (χ1) is 8.68. The van der Waals surface area contributed by atoms with E-state index in [0.29, 0.717) is 6.04 Å². The molecule has 2 heterocycles. The molecule has 0 bridgehead atoms. The zero-order valence-corrected chi connectivity index (χ0v) is 11.7. The summed E-state index contributed by atoms with van der Waals surface area (Å²) in [5.74, 6) is 0.908. The molecular weight excluding hydrogens is 224 g/mol. The van der Waals surface area contributed by atoms with Crippen LogP contribution in [0.25, 0.3) is 0 Å². The van der Waals surface area contributed by atoms with Gasteiger partial charge in [-0.1, -0.05) is 12.8 Å². The Kier molecular flexibility index (Phi) is 3.65. The van der Waals surface area contributed by atoms with E-state index < -0.39 is 5.60 Å². The van der Waals surface area contributed by atoms with Gasteiger partial charge < -0.3 is 10.4 Å². The van der Waals surface area contributed by atoms with E-state index in [2.05, 4.69) is 10.2 Å². The van der Waals surface area contributed by atoms with Gasteiger partial charge in [0.2, 0.25) is 0 Å². The number of hydrogen-bond acceptors (Lipinski definition) is 3. The second kappa shape index (κ2) is 5.10. The van der Waals surface area contributed by atoms with Crippen LogP contribution in [-0.2, 0) is 0 Å². The zero-order valence-electron chi connectivity index (χ0n) is 11.7. The minimum absolute atomic E-state index is 0.333. The number of aliphatic hydroxyl groups is 1. The Bertz CT molecular complexity index is 286. The molecule has 18 heavy (non-hydrogen) atoms. The lowest BCUT2D eigenvalue weighted by Gasteiger charge is -2.46. The third-order valence-corrected chi connectivity index (χ3v) is 5.55. The summed E-state index contributed by atoms with van der Waals surface area (Å²) in [6.45, 7) is 5.17. The Morgan fingerprint density at radius 2 is 1.94 bits per heavy atom. The van der Waals surface area contributed by atoms with E-state index in [-0.39, 0.29) is 0 Å². The first kappa shape index (κ1) is 12.9. The summed E-state index contributed by atoms with van der Waals surface area (Å²) in [7, 11) is 0. The minimum atomic E-state index is -0.494. The lowest BCUT2D eigenvalue weighted by atomic mass is 9.86. The highest BCUT2D eigenvalue weighted by Crippen LogP contribution is 2.38. The third-order valence-electron chi connectivity index (χ3n) is 5.55. The quantitative estimate of drug-likeness (QED) is 0.786. The van der Waals surface area contributed by atoms with Gasteiger partial charge in [0.25, 0.3) is 0 Å². The number of nitrogens with zero attached hydrogens (tertiary/aromatic N) is 1. The highest BCUT2D eigenvalue weighted by Gasteiger charge is 2.44. The van der Waals surface area contributed by atoms with E-state index in [0.717, 1.165) is 31.5 Å². The monoisotopic (exact) mass is 252 g/mol. The predicted octanol–water partition coefficient (Wildman–Crippen LogP) is 1.75. The van der Waals surface area contributed by atoms with E-state index in [1.54, 1.807) is 0 Å². The Balaban J connectivity index is 1.73. The van der Waals surface area contributed by atoms with Crippen LogP contribution in [0.1, 0.15) is 51.9 Å².